The fraction of sp³-hybridized carbons (Fsp3) is 0.235. The van der Waals surface area contributed by atoms with Gasteiger partial charge in [0.15, 0.2) is 5.84 Å². The van der Waals surface area contributed by atoms with Gasteiger partial charge in [-0.3, -0.25) is 0 Å². The van der Waals surface area contributed by atoms with Crippen molar-refractivity contribution in [1.29, 1.82) is 0 Å². The van der Waals surface area contributed by atoms with E-state index in [0.29, 0.717) is 11.4 Å². The van der Waals surface area contributed by atoms with Crippen LogP contribution in [0.5, 0.6) is 0 Å². The third-order valence-electron chi connectivity index (χ3n) is 3.73. The lowest BCUT2D eigenvalue weighted by Gasteiger charge is -2.16. The Hall–Kier alpha value is -2.25. The van der Waals surface area contributed by atoms with Crippen LogP contribution in [-0.2, 0) is 4.84 Å². The molecule has 0 aromatic heterocycles. The van der Waals surface area contributed by atoms with Crippen LogP contribution in [0.4, 0.5) is 0 Å². The summed E-state index contributed by atoms with van der Waals surface area (Å²) < 4.78 is 0. The third kappa shape index (κ3) is 3.40. The molecular formula is C17H19N3O3. The number of aliphatic hydroxyl groups excluding tert-OH is 2. The van der Waals surface area contributed by atoms with Gasteiger partial charge in [-0.05, 0) is 5.56 Å². The molecule has 0 aliphatic carbocycles. The highest BCUT2D eigenvalue weighted by Gasteiger charge is 2.21. The van der Waals surface area contributed by atoms with Crippen molar-refractivity contribution < 1.29 is 15.1 Å². The summed E-state index contributed by atoms with van der Waals surface area (Å²) in [6.07, 6.45) is -2.36. The van der Waals surface area contributed by atoms with Crippen LogP contribution in [0.15, 0.2) is 59.6 Å². The van der Waals surface area contributed by atoms with Crippen LogP contribution >= 0.6 is 0 Å². The Morgan fingerprint density at radius 1 is 1.09 bits per heavy atom. The van der Waals surface area contributed by atoms with Crippen LogP contribution in [0, 0.1) is 0 Å². The standard InChI is InChI=1S/C17H19N3O3/c18-10-14(21)15(22)11-6-8-12(9-7-11)16-19-17(23-20-16)13-4-2-1-3-5-13/h1-9,14-15,17,21-22H,10,18H2,(H,19,20). The molecule has 0 saturated heterocycles. The molecule has 0 bridgehead atoms. The maximum atomic E-state index is 9.94. The molecule has 1 heterocycles. The van der Waals surface area contributed by atoms with Crippen molar-refractivity contribution in [3.63, 3.8) is 0 Å². The molecule has 6 heteroatoms. The number of hydroxylamine groups is 1. The van der Waals surface area contributed by atoms with Gasteiger partial charge in [0.05, 0.1) is 6.10 Å². The molecule has 2 aromatic rings. The molecule has 120 valence electrons. The SMILES string of the molecule is NCC(O)C(O)c1ccc(C2=NC(c3ccccc3)ON2)cc1. The van der Waals surface area contributed by atoms with Crippen LogP contribution in [0.2, 0.25) is 0 Å². The van der Waals surface area contributed by atoms with Crippen molar-refractivity contribution in [2.75, 3.05) is 6.54 Å². The van der Waals surface area contributed by atoms with E-state index in [4.69, 9.17) is 10.6 Å². The van der Waals surface area contributed by atoms with Crippen molar-refractivity contribution in [3.05, 3.63) is 71.3 Å². The summed E-state index contributed by atoms with van der Waals surface area (Å²) in [5, 5.41) is 19.5. The lowest BCUT2D eigenvalue weighted by atomic mass is 10.0. The molecule has 23 heavy (non-hydrogen) atoms. The number of nitrogens with zero attached hydrogens (tertiary/aromatic N) is 1. The molecule has 1 aliphatic rings. The molecule has 0 spiro atoms. The van der Waals surface area contributed by atoms with E-state index < -0.39 is 12.2 Å². The van der Waals surface area contributed by atoms with Crippen LogP contribution in [0.25, 0.3) is 0 Å². The Morgan fingerprint density at radius 3 is 2.43 bits per heavy atom. The van der Waals surface area contributed by atoms with E-state index in [2.05, 4.69) is 10.5 Å². The second-order valence-electron chi connectivity index (χ2n) is 5.33. The first-order valence-corrected chi connectivity index (χ1v) is 7.40. The lowest BCUT2D eigenvalue weighted by Crippen LogP contribution is -2.27. The van der Waals surface area contributed by atoms with Gasteiger partial charge < -0.3 is 15.9 Å². The first-order chi connectivity index (χ1) is 11.2. The summed E-state index contributed by atoms with van der Waals surface area (Å²) in [6, 6.07) is 16.8. The molecule has 0 fully saturated rings. The molecule has 6 nitrogen and oxygen atoms in total. The van der Waals surface area contributed by atoms with Crippen LogP contribution in [0.3, 0.4) is 0 Å². The number of nitrogens with one attached hydrogen (secondary N) is 1. The minimum atomic E-state index is -0.999. The van der Waals surface area contributed by atoms with Gasteiger partial charge >= 0.3 is 0 Å². The molecule has 0 saturated carbocycles. The van der Waals surface area contributed by atoms with E-state index in [1.165, 1.54) is 0 Å². The summed E-state index contributed by atoms with van der Waals surface area (Å²) >= 11 is 0. The van der Waals surface area contributed by atoms with Crippen molar-refractivity contribution in [1.82, 2.24) is 5.48 Å². The number of aliphatic imine (C=N–C) groups is 1. The van der Waals surface area contributed by atoms with Gasteiger partial charge in [-0.2, -0.15) is 0 Å². The number of hydrogen-bond acceptors (Lipinski definition) is 6. The molecule has 3 unspecified atom stereocenters. The molecule has 1 aliphatic heterocycles. The Kier molecular flexibility index (Phi) is 4.68. The average Bonchev–Trinajstić information content (AvgIpc) is 3.11. The zero-order valence-electron chi connectivity index (χ0n) is 12.5. The number of hydrogen-bond donors (Lipinski definition) is 4. The zero-order chi connectivity index (χ0) is 16.2. The van der Waals surface area contributed by atoms with E-state index in [1.807, 2.05) is 42.5 Å². The van der Waals surface area contributed by atoms with Gasteiger partial charge in [-0.25, -0.2) is 15.3 Å². The Balaban J connectivity index is 1.75. The largest absolute Gasteiger partial charge is 0.389 e. The first kappa shape index (κ1) is 15.6. The van der Waals surface area contributed by atoms with Gasteiger partial charge in [0.25, 0.3) is 0 Å². The molecule has 0 amide bonds. The monoisotopic (exact) mass is 313 g/mol. The predicted molar refractivity (Wildman–Crippen MR) is 86.4 cm³/mol. The summed E-state index contributed by atoms with van der Waals surface area (Å²) in [7, 11) is 0. The molecule has 3 atom stereocenters. The van der Waals surface area contributed by atoms with Crippen molar-refractivity contribution in [2.45, 2.75) is 18.4 Å². The van der Waals surface area contributed by atoms with Crippen molar-refractivity contribution in [3.8, 4) is 0 Å². The summed E-state index contributed by atoms with van der Waals surface area (Å²) in [5.41, 5.74) is 10.6. The van der Waals surface area contributed by atoms with Gasteiger partial charge in [-0.1, -0.05) is 54.6 Å². The second-order valence-corrected chi connectivity index (χ2v) is 5.33. The first-order valence-electron chi connectivity index (χ1n) is 7.40. The number of rotatable bonds is 5. The number of benzene rings is 2. The zero-order valence-corrected chi connectivity index (χ0v) is 12.5. The van der Waals surface area contributed by atoms with E-state index in [0.717, 1.165) is 11.1 Å². The quantitative estimate of drug-likeness (QED) is 0.660. The fourth-order valence-corrected chi connectivity index (χ4v) is 2.36. The summed E-state index contributed by atoms with van der Waals surface area (Å²) in [5.74, 6) is 0.624. The smallest absolute Gasteiger partial charge is 0.202 e. The van der Waals surface area contributed by atoms with Crippen LogP contribution in [0.1, 0.15) is 29.0 Å². The highest BCUT2D eigenvalue weighted by molar-refractivity contribution is 5.98. The number of amidine groups is 1. The molecule has 2 aromatic carbocycles. The van der Waals surface area contributed by atoms with Crippen molar-refractivity contribution in [2.24, 2.45) is 10.7 Å². The molecule has 0 radical (unpaired) electrons. The van der Waals surface area contributed by atoms with Crippen molar-refractivity contribution >= 4 is 5.84 Å². The number of nitrogens with two attached hydrogens (primary N) is 1. The Labute approximate surface area is 134 Å². The lowest BCUT2D eigenvalue weighted by molar-refractivity contribution is 0.0243. The van der Waals surface area contributed by atoms with Gasteiger partial charge in [0.1, 0.15) is 6.10 Å². The minimum absolute atomic E-state index is 0.00375. The maximum absolute atomic E-state index is 9.94. The van der Waals surface area contributed by atoms with E-state index in [1.54, 1.807) is 12.1 Å². The average molecular weight is 313 g/mol. The molecular weight excluding hydrogens is 294 g/mol. The Morgan fingerprint density at radius 2 is 1.78 bits per heavy atom. The second kappa shape index (κ2) is 6.89. The summed E-state index contributed by atoms with van der Waals surface area (Å²) in [6.45, 7) is 0.00375. The minimum Gasteiger partial charge on any atom is -0.389 e. The molecule has 5 N–H and O–H groups in total. The van der Waals surface area contributed by atoms with Crippen LogP contribution in [-0.4, -0.2) is 28.7 Å². The Bertz CT molecular complexity index is 673. The molecule has 3 rings (SSSR count). The topological polar surface area (TPSA) is 100 Å². The maximum Gasteiger partial charge on any atom is 0.202 e. The van der Waals surface area contributed by atoms with E-state index >= 15 is 0 Å². The predicted octanol–water partition coefficient (Wildman–Crippen LogP) is 1.02. The van der Waals surface area contributed by atoms with E-state index in [9.17, 15) is 10.2 Å². The van der Waals surface area contributed by atoms with Crippen LogP contribution < -0.4 is 11.2 Å². The highest BCUT2D eigenvalue weighted by atomic mass is 16.7. The normalized spacial score (nSPS) is 19.8. The highest BCUT2D eigenvalue weighted by Crippen LogP contribution is 2.24. The van der Waals surface area contributed by atoms with Gasteiger partial charge in [-0.15, -0.1) is 0 Å². The van der Waals surface area contributed by atoms with E-state index in [-0.39, 0.29) is 12.8 Å². The summed E-state index contributed by atoms with van der Waals surface area (Å²) in [4.78, 5) is 9.99. The fourth-order valence-electron chi connectivity index (χ4n) is 2.36. The van der Waals surface area contributed by atoms with Gasteiger partial charge in [0, 0.05) is 17.7 Å². The third-order valence-corrected chi connectivity index (χ3v) is 3.73. The number of aliphatic hydroxyl groups is 2. The van der Waals surface area contributed by atoms with Gasteiger partial charge in [0.2, 0.25) is 6.23 Å².